The third-order valence-corrected chi connectivity index (χ3v) is 5.28. The third kappa shape index (κ3) is 4.96. The lowest BCUT2D eigenvalue weighted by Gasteiger charge is -2.31. The van der Waals surface area contributed by atoms with Gasteiger partial charge in [0.2, 0.25) is 5.91 Å². The second-order valence-electron chi connectivity index (χ2n) is 6.56. The maximum absolute atomic E-state index is 12.9. The minimum absolute atomic E-state index is 0.0360. The highest BCUT2D eigenvalue weighted by Crippen LogP contribution is 2.19. The molecule has 0 bridgehead atoms. The Bertz CT molecular complexity index is 807. The number of carbonyl (C=O) groups is 2. The van der Waals surface area contributed by atoms with Crippen LogP contribution in [0.15, 0.2) is 53.0 Å². The van der Waals surface area contributed by atoms with Gasteiger partial charge in [-0.3, -0.25) is 9.59 Å². The molecule has 0 aromatic heterocycles. The molecule has 1 aliphatic heterocycles. The first-order chi connectivity index (χ1) is 13.1. The first-order valence-corrected chi connectivity index (χ1v) is 9.76. The predicted octanol–water partition coefficient (Wildman–Crippen LogP) is 3.12. The van der Waals surface area contributed by atoms with Gasteiger partial charge in [-0.25, -0.2) is 0 Å². The molecule has 2 aromatic carbocycles. The molecule has 0 aliphatic carbocycles. The molecule has 0 spiro atoms. The number of benzene rings is 2. The van der Waals surface area contributed by atoms with Crippen LogP contribution < -0.4 is 0 Å². The maximum Gasteiger partial charge on any atom is 0.254 e. The molecule has 3 rings (SSSR count). The molecule has 27 heavy (non-hydrogen) atoms. The summed E-state index contributed by atoms with van der Waals surface area (Å²) < 4.78 is 6.03. The lowest BCUT2D eigenvalue weighted by Crippen LogP contribution is -2.45. The largest absolute Gasteiger partial charge is 0.383 e. The minimum atomic E-state index is -0.162. The van der Waals surface area contributed by atoms with Gasteiger partial charge in [-0.05, 0) is 41.8 Å². The van der Waals surface area contributed by atoms with E-state index in [1.807, 2.05) is 29.2 Å². The van der Waals surface area contributed by atoms with Crippen molar-refractivity contribution >= 4 is 27.7 Å². The number of halogens is 1. The van der Waals surface area contributed by atoms with Gasteiger partial charge in [0.15, 0.2) is 0 Å². The van der Waals surface area contributed by atoms with Crippen molar-refractivity contribution in [2.75, 3.05) is 33.4 Å². The quantitative estimate of drug-likeness (QED) is 0.707. The summed E-state index contributed by atoms with van der Waals surface area (Å²) in [6.45, 7) is 2.10. The zero-order valence-corrected chi connectivity index (χ0v) is 16.9. The average Bonchev–Trinajstić information content (AvgIpc) is 2.70. The maximum atomic E-state index is 12.9. The third-order valence-electron chi connectivity index (χ3n) is 4.75. The van der Waals surface area contributed by atoms with Crippen LogP contribution in [0.25, 0.3) is 0 Å². The van der Waals surface area contributed by atoms with E-state index in [1.54, 1.807) is 24.1 Å². The molecule has 1 aliphatic rings. The Morgan fingerprint density at radius 3 is 2.52 bits per heavy atom. The summed E-state index contributed by atoms with van der Waals surface area (Å²) in [4.78, 5) is 29.1. The van der Waals surface area contributed by atoms with Crippen molar-refractivity contribution in [1.29, 1.82) is 0 Å². The van der Waals surface area contributed by atoms with E-state index in [4.69, 9.17) is 4.74 Å². The summed E-state index contributed by atoms with van der Waals surface area (Å²) in [6, 6.07) is 15.4. The number of rotatable bonds is 6. The van der Waals surface area contributed by atoms with E-state index < -0.39 is 0 Å². The molecule has 0 radical (unpaired) electrons. The normalized spacial score (nSPS) is 13.2. The molecular formula is C21H23BrN2O3. The lowest BCUT2D eigenvalue weighted by atomic mass is 10.00. The van der Waals surface area contributed by atoms with Gasteiger partial charge in [-0.15, -0.1) is 0 Å². The molecule has 0 saturated heterocycles. The number of fused-ring (bicyclic) bond motifs is 1. The van der Waals surface area contributed by atoms with E-state index in [1.165, 1.54) is 11.1 Å². The van der Waals surface area contributed by atoms with Gasteiger partial charge >= 0.3 is 0 Å². The summed E-state index contributed by atoms with van der Waals surface area (Å²) in [5.74, 6) is -0.198. The Morgan fingerprint density at radius 1 is 1.11 bits per heavy atom. The second kappa shape index (κ2) is 9.15. The van der Waals surface area contributed by atoms with Crippen LogP contribution in [0, 0.1) is 0 Å². The van der Waals surface area contributed by atoms with Gasteiger partial charge in [0.05, 0.1) is 6.61 Å². The first kappa shape index (κ1) is 19.6. The number of carbonyl (C=O) groups excluding carboxylic acids is 2. The van der Waals surface area contributed by atoms with Crippen molar-refractivity contribution in [3.8, 4) is 0 Å². The van der Waals surface area contributed by atoms with Crippen LogP contribution in [0.4, 0.5) is 0 Å². The predicted molar refractivity (Wildman–Crippen MR) is 107 cm³/mol. The highest BCUT2D eigenvalue weighted by Gasteiger charge is 2.24. The molecule has 5 nitrogen and oxygen atoms in total. The molecule has 2 amide bonds. The standard InChI is InChI=1S/C21H23BrN2O3/c1-27-13-12-24(21(26)17-6-8-19(22)9-7-17)15-20(25)23-11-10-16-4-2-3-5-18(16)14-23/h2-9H,10-15H2,1H3. The molecule has 0 atom stereocenters. The van der Waals surface area contributed by atoms with Crippen LogP contribution >= 0.6 is 15.9 Å². The minimum Gasteiger partial charge on any atom is -0.383 e. The summed E-state index contributed by atoms with van der Waals surface area (Å²) in [5.41, 5.74) is 3.04. The number of hydrogen-bond acceptors (Lipinski definition) is 3. The summed E-state index contributed by atoms with van der Waals surface area (Å²) in [7, 11) is 1.59. The fourth-order valence-corrected chi connectivity index (χ4v) is 3.47. The van der Waals surface area contributed by atoms with Crippen LogP contribution in [-0.4, -0.2) is 55.0 Å². The Balaban J connectivity index is 1.69. The van der Waals surface area contributed by atoms with Crippen LogP contribution in [0.5, 0.6) is 0 Å². The van der Waals surface area contributed by atoms with Gasteiger partial charge in [0.25, 0.3) is 5.91 Å². The lowest BCUT2D eigenvalue weighted by molar-refractivity contribution is -0.133. The van der Waals surface area contributed by atoms with Gasteiger partial charge < -0.3 is 14.5 Å². The monoisotopic (exact) mass is 430 g/mol. The number of methoxy groups -OCH3 is 1. The van der Waals surface area contributed by atoms with E-state index in [0.717, 1.165) is 10.9 Å². The van der Waals surface area contributed by atoms with Crippen molar-refractivity contribution in [1.82, 2.24) is 9.80 Å². The van der Waals surface area contributed by atoms with Crippen molar-refractivity contribution in [2.45, 2.75) is 13.0 Å². The second-order valence-corrected chi connectivity index (χ2v) is 7.48. The highest BCUT2D eigenvalue weighted by molar-refractivity contribution is 9.10. The van der Waals surface area contributed by atoms with Crippen LogP contribution in [0.2, 0.25) is 0 Å². The van der Waals surface area contributed by atoms with Gasteiger partial charge in [0, 0.05) is 36.8 Å². The van der Waals surface area contributed by atoms with Gasteiger partial charge in [-0.2, -0.15) is 0 Å². The zero-order valence-electron chi connectivity index (χ0n) is 15.4. The smallest absolute Gasteiger partial charge is 0.254 e. The molecule has 1 heterocycles. The van der Waals surface area contributed by atoms with Gasteiger partial charge in [0.1, 0.15) is 6.54 Å². The van der Waals surface area contributed by atoms with Crippen LogP contribution in [-0.2, 0) is 22.5 Å². The molecule has 142 valence electrons. The Morgan fingerprint density at radius 2 is 1.81 bits per heavy atom. The van der Waals surface area contributed by atoms with E-state index in [2.05, 4.69) is 28.1 Å². The molecule has 6 heteroatoms. The van der Waals surface area contributed by atoms with Crippen molar-refractivity contribution in [2.24, 2.45) is 0 Å². The Labute approximate surface area is 168 Å². The molecule has 0 N–H and O–H groups in total. The summed E-state index contributed by atoms with van der Waals surface area (Å²) in [5, 5.41) is 0. The fourth-order valence-electron chi connectivity index (χ4n) is 3.20. The molecule has 0 fully saturated rings. The number of hydrogen-bond donors (Lipinski definition) is 0. The molecule has 0 unspecified atom stereocenters. The summed E-state index contributed by atoms with van der Waals surface area (Å²) in [6.07, 6.45) is 0.848. The van der Waals surface area contributed by atoms with E-state index in [9.17, 15) is 9.59 Å². The number of ether oxygens (including phenoxy) is 1. The molecular weight excluding hydrogens is 408 g/mol. The van der Waals surface area contributed by atoms with Crippen LogP contribution in [0.1, 0.15) is 21.5 Å². The van der Waals surface area contributed by atoms with Crippen LogP contribution in [0.3, 0.4) is 0 Å². The van der Waals surface area contributed by atoms with Crippen molar-refractivity contribution in [3.63, 3.8) is 0 Å². The van der Waals surface area contributed by atoms with E-state index in [-0.39, 0.29) is 18.4 Å². The number of nitrogens with zero attached hydrogens (tertiary/aromatic N) is 2. The Kier molecular flexibility index (Phi) is 6.63. The Hall–Kier alpha value is -2.18. The van der Waals surface area contributed by atoms with E-state index in [0.29, 0.717) is 31.8 Å². The first-order valence-electron chi connectivity index (χ1n) is 8.97. The fraction of sp³-hybridized carbons (Fsp3) is 0.333. The highest BCUT2D eigenvalue weighted by atomic mass is 79.9. The number of amides is 2. The molecule has 0 saturated carbocycles. The molecule has 2 aromatic rings. The van der Waals surface area contributed by atoms with Crippen molar-refractivity contribution < 1.29 is 14.3 Å². The SMILES string of the molecule is COCCN(CC(=O)N1CCc2ccccc2C1)C(=O)c1ccc(Br)cc1. The van der Waals surface area contributed by atoms with Gasteiger partial charge in [-0.1, -0.05) is 40.2 Å². The zero-order chi connectivity index (χ0) is 19.2. The summed E-state index contributed by atoms with van der Waals surface area (Å²) >= 11 is 3.37. The topological polar surface area (TPSA) is 49.9 Å². The average molecular weight is 431 g/mol. The van der Waals surface area contributed by atoms with E-state index >= 15 is 0 Å². The van der Waals surface area contributed by atoms with Crippen molar-refractivity contribution in [3.05, 3.63) is 69.7 Å².